The number of nitrogens with two attached hydrogens (primary N) is 1. The van der Waals surface area contributed by atoms with Gasteiger partial charge in [0.25, 0.3) is 5.91 Å². The number of nitrogens with one attached hydrogen (secondary N) is 1. The number of hydrogen-bond acceptors (Lipinski definition) is 8. The van der Waals surface area contributed by atoms with Crippen LogP contribution in [0.5, 0.6) is 23.0 Å². The van der Waals surface area contributed by atoms with Gasteiger partial charge in [-0.15, -0.1) is 0 Å². The number of aliphatic hydroxyl groups is 1. The number of halogens is 1. The minimum Gasteiger partial charge on any atom is -0.497 e. The number of amides is 1. The summed E-state index contributed by atoms with van der Waals surface area (Å²) in [5.74, 6) is 2.28. The summed E-state index contributed by atoms with van der Waals surface area (Å²) in [5, 5.41) is 14.4. The fourth-order valence-corrected chi connectivity index (χ4v) is 5.62. The first-order valence-corrected chi connectivity index (χ1v) is 14.6. The Balaban J connectivity index is 1.16. The van der Waals surface area contributed by atoms with E-state index in [1.54, 1.807) is 25.3 Å². The second-order valence-corrected chi connectivity index (χ2v) is 11.3. The molecule has 3 aromatic rings. The maximum Gasteiger partial charge on any atom is 0.255 e. The molecule has 0 saturated carbocycles. The van der Waals surface area contributed by atoms with E-state index >= 15 is 0 Å². The van der Waals surface area contributed by atoms with Crippen molar-refractivity contribution in [3.63, 3.8) is 0 Å². The van der Waals surface area contributed by atoms with E-state index in [0.717, 1.165) is 60.0 Å². The summed E-state index contributed by atoms with van der Waals surface area (Å²) in [4.78, 5) is 15.0. The lowest BCUT2D eigenvalue weighted by molar-refractivity contribution is -0.00201. The highest BCUT2D eigenvalue weighted by molar-refractivity contribution is 6.30. The van der Waals surface area contributed by atoms with Crippen molar-refractivity contribution in [3.05, 3.63) is 82.4 Å². The van der Waals surface area contributed by atoms with Crippen LogP contribution in [0, 0.1) is 0 Å². The molecule has 1 spiro atoms. The maximum absolute atomic E-state index is 12.8. The van der Waals surface area contributed by atoms with Gasteiger partial charge in [-0.2, -0.15) is 0 Å². The van der Waals surface area contributed by atoms with Crippen molar-refractivity contribution in [2.75, 3.05) is 46.4 Å². The van der Waals surface area contributed by atoms with Crippen molar-refractivity contribution in [3.8, 4) is 23.0 Å². The van der Waals surface area contributed by atoms with Gasteiger partial charge in [-0.1, -0.05) is 23.7 Å². The molecule has 1 fully saturated rings. The Labute approximate surface area is 251 Å². The van der Waals surface area contributed by atoms with E-state index in [1.807, 2.05) is 42.5 Å². The third-order valence-corrected chi connectivity index (χ3v) is 7.96. The molecule has 0 unspecified atom stereocenters. The Morgan fingerprint density at radius 1 is 1.10 bits per heavy atom. The molecule has 2 aliphatic rings. The number of piperidine rings is 1. The average Bonchev–Trinajstić information content (AvgIpc) is 3.36. The first kappa shape index (κ1) is 30.0. The van der Waals surface area contributed by atoms with Crippen molar-refractivity contribution >= 4 is 17.5 Å². The largest absolute Gasteiger partial charge is 0.497 e. The molecule has 0 radical (unpaired) electrons. The molecular weight excluding hydrogens is 558 g/mol. The molecule has 5 rings (SSSR count). The fraction of sp³-hybridized carbons (Fsp3) is 0.406. The summed E-state index contributed by atoms with van der Waals surface area (Å²) in [6.07, 6.45) is 1.84. The van der Waals surface area contributed by atoms with E-state index in [0.29, 0.717) is 43.3 Å². The minimum atomic E-state index is -0.747. The number of carbonyl (C=O) groups excluding carboxylic acids is 1. The molecule has 42 heavy (non-hydrogen) atoms. The summed E-state index contributed by atoms with van der Waals surface area (Å²) in [6, 6.07) is 18.5. The van der Waals surface area contributed by atoms with Gasteiger partial charge in [0.15, 0.2) is 0 Å². The highest BCUT2D eigenvalue weighted by Crippen LogP contribution is 2.42. The van der Waals surface area contributed by atoms with E-state index in [-0.39, 0.29) is 18.1 Å². The summed E-state index contributed by atoms with van der Waals surface area (Å²) in [5.41, 5.74) is 7.83. The normalized spacial score (nSPS) is 16.4. The Bertz CT molecular complexity index is 1360. The van der Waals surface area contributed by atoms with Crippen LogP contribution in [-0.2, 0) is 13.0 Å². The Morgan fingerprint density at radius 2 is 1.86 bits per heavy atom. The number of carbonyl (C=O) groups is 1. The fourth-order valence-electron chi connectivity index (χ4n) is 5.43. The van der Waals surface area contributed by atoms with Crippen LogP contribution in [-0.4, -0.2) is 74.1 Å². The number of nitrogens with zero attached hydrogens (tertiary/aromatic N) is 1. The Hall–Kier alpha value is -3.50. The zero-order chi connectivity index (χ0) is 29.5. The van der Waals surface area contributed by atoms with Crippen LogP contribution >= 0.6 is 11.6 Å². The topological polar surface area (TPSA) is 116 Å². The molecule has 1 saturated heterocycles. The van der Waals surface area contributed by atoms with E-state index in [2.05, 4.69) is 10.2 Å². The number of likely N-dealkylation sites (tertiary alicyclic amines) is 1. The molecule has 1 amide bonds. The minimum absolute atomic E-state index is 0.0290. The number of hydrogen-bond donors (Lipinski definition) is 3. The highest BCUT2D eigenvalue weighted by Gasteiger charge is 2.42. The van der Waals surface area contributed by atoms with E-state index in [1.165, 1.54) is 0 Å². The van der Waals surface area contributed by atoms with Gasteiger partial charge >= 0.3 is 0 Å². The molecule has 0 bridgehead atoms. The first-order valence-electron chi connectivity index (χ1n) is 14.2. The van der Waals surface area contributed by atoms with Crippen molar-refractivity contribution in [2.24, 2.45) is 5.73 Å². The second-order valence-electron chi connectivity index (χ2n) is 10.8. The predicted molar refractivity (Wildman–Crippen MR) is 161 cm³/mol. The van der Waals surface area contributed by atoms with Gasteiger partial charge in [-0.25, -0.2) is 0 Å². The second kappa shape index (κ2) is 13.6. The third-order valence-electron chi connectivity index (χ3n) is 7.72. The SMILES string of the molecule is COc1ccc(COc2ccc(C(=O)NCCN)c(OC[C@H](O)CN3CCC4(CC3)Cc3cc(Cl)ccc3O4)c2)cc1. The van der Waals surface area contributed by atoms with Crippen LogP contribution in [0.2, 0.25) is 5.02 Å². The lowest BCUT2D eigenvalue weighted by Crippen LogP contribution is -2.49. The number of fused-ring (bicyclic) bond motifs is 1. The van der Waals surface area contributed by atoms with Crippen molar-refractivity contribution in [1.29, 1.82) is 0 Å². The molecule has 4 N–H and O–H groups in total. The summed E-state index contributed by atoms with van der Waals surface area (Å²) in [7, 11) is 1.62. The molecule has 2 heterocycles. The molecule has 9 nitrogen and oxygen atoms in total. The summed E-state index contributed by atoms with van der Waals surface area (Å²) in [6.45, 7) is 3.10. The predicted octanol–water partition coefficient (Wildman–Crippen LogP) is 3.83. The molecule has 3 aromatic carbocycles. The van der Waals surface area contributed by atoms with Gasteiger partial charge in [0.05, 0.1) is 12.7 Å². The van der Waals surface area contributed by atoms with Crippen LogP contribution in [0.3, 0.4) is 0 Å². The number of aliphatic hydroxyl groups excluding tert-OH is 1. The lowest BCUT2D eigenvalue weighted by Gasteiger charge is -2.39. The van der Waals surface area contributed by atoms with Crippen LogP contribution in [0.1, 0.15) is 34.3 Å². The molecule has 0 aromatic heterocycles. The van der Waals surface area contributed by atoms with Gasteiger partial charge in [0.2, 0.25) is 0 Å². The molecular formula is C32H38ClN3O6. The zero-order valence-electron chi connectivity index (χ0n) is 23.8. The number of β-amino-alcohol motifs (C(OH)–C–C–N with tert-alkyl or cyclic N) is 1. The van der Waals surface area contributed by atoms with Crippen molar-refractivity contribution in [2.45, 2.75) is 37.6 Å². The van der Waals surface area contributed by atoms with Crippen LogP contribution in [0.4, 0.5) is 0 Å². The van der Waals surface area contributed by atoms with Gasteiger partial charge in [0, 0.05) is 63.1 Å². The maximum atomic E-state index is 12.8. The summed E-state index contributed by atoms with van der Waals surface area (Å²) < 4.78 is 23.5. The standard InChI is InChI=1S/C32H38ClN3O6/c1-39-26-5-2-22(3-6-26)20-40-27-7-8-28(31(38)35-13-12-34)30(17-27)41-21-25(37)19-36-14-10-32(11-15-36)18-23-16-24(33)4-9-29(23)42-32/h2-9,16-17,25,37H,10-15,18-21,34H2,1H3,(H,35,38)/t25-/m1/s1. The summed E-state index contributed by atoms with van der Waals surface area (Å²) >= 11 is 6.17. The first-order chi connectivity index (χ1) is 20.4. The van der Waals surface area contributed by atoms with E-state index in [4.69, 9.17) is 36.3 Å². The molecule has 0 aliphatic carbocycles. The molecule has 224 valence electrons. The third kappa shape index (κ3) is 7.46. The Kier molecular flexibility index (Phi) is 9.74. The Morgan fingerprint density at radius 3 is 2.60 bits per heavy atom. The monoisotopic (exact) mass is 595 g/mol. The van der Waals surface area contributed by atoms with Gasteiger partial charge < -0.3 is 40.0 Å². The van der Waals surface area contributed by atoms with E-state index < -0.39 is 6.10 Å². The van der Waals surface area contributed by atoms with Crippen LogP contribution in [0.15, 0.2) is 60.7 Å². The van der Waals surface area contributed by atoms with Crippen LogP contribution in [0.25, 0.3) is 0 Å². The number of rotatable bonds is 12. The zero-order valence-corrected chi connectivity index (χ0v) is 24.6. The van der Waals surface area contributed by atoms with Crippen molar-refractivity contribution in [1.82, 2.24) is 10.2 Å². The smallest absolute Gasteiger partial charge is 0.255 e. The molecule has 10 heteroatoms. The lowest BCUT2D eigenvalue weighted by atomic mass is 9.87. The van der Waals surface area contributed by atoms with Crippen molar-refractivity contribution < 1.29 is 28.8 Å². The van der Waals surface area contributed by atoms with Crippen LogP contribution < -0.4 is 30.0 Å². The number of ether oxygens (including phenoxy) is 4. The van der Waals surface area contributed by atoms with Gasteiger partial charge in [-0.3, -0.25) is 4.79 Å². The number of methoxy groups -OCH3 is 1. The highest BCUT2D eigenvalue weighted by atomic mass is 35.5. The quantitative estimate of drug-likeness (QED) is 0.289. The molecule has 2 aliphatic heterocycles. The molecule has 1 atom stereocenters. The van der Waals surface area contributed by atoms with Gasteiger partial charge in [0.1, 0.15) is 47.9 Å². The average molecular weight is 596 g/mol. The van der Waals surface area contributed by atoms with Gasteiger partial charge in [-0.05, 0) is 53.6 Å². The van der Waals surface area contributed by atoms with E-state index in [9.17, 15) is 9.90 Å². The number of benzene rings is 3.